The zero-order valence-electron chi connectivity index (χ0n) is 24.0. The monoisotopic (exact) mass is 699 g/mol. The van der Waals surface area contributed by atoms with Crippen LogP contribution in [0.25, 0.3) is 44.1 Å². The molecule has 0 unspecified atom stereocenters. The average molecular weight is 699 g/mol. The molecule has 0 spiro atoms. The van der Waals surface area contributed by atoms with Crippen LogP contribution in [0.5, 0.6) is 0 Å². The molecule has 0 aliphatic rings. The smallest absolute Gasteiger partial charge is 0.0167 e. The molecule has 3 heteroatoms. The van der Waals surface area contributed by atoms with Gasteiger partial charge in [0.25, 0.3) is 0 Å². The number of hydrogen-bond donors (Lipinski definition) is 0. The molecule has 0 aliphatic carbocycles. The molecule has 2 aromatic heterocycles. The summed E-state index contributed by atoms with van der Waals surface area (Å²) in [4.78, 5) is 9.04. The van der Waals surface area contributed by atoms with Gasteiger partial charge in [-0.05, 0) is 63.0 Å². The Balaban J connectivity index is 0.000000192. The van der Waals surface area contributed by atoms with Crippen molar-refractivity contribution in [1.82, 2.24) is 9.97 Å². The largest absolute Gasteiger partial charge is 0.305 e. The van der Waals surface area contributed by atoms with Gasteiger partial charge in [0.05, 0.1) is 0 Å². The van der Waals surface area contributed by atoms with Crippen LogP contribution in [-0.2, 0) is 25.5 Å². The van der Waals surface area contributed by atoms with Crippen molar-refractivity contribution in [3.05, 3.63) is 132 Å². The Morgan fingerprint density at radius 2 is 1.43 bits per heavy atom. The molecular formula is C37H34IrN2-2. The Kier molecular flexibility index (Phi) is 8.98. The molecule has 0 atom stereocenters. The predicted molar refractivity (Wildman–Crippen MR) is 165 cm³/mol. The van der Waals surface area contributed by atoms with Gasteiger partial charge in [-0.2, -0.15) is 0 Å². The van der Waals surface area contributed by atoms with Crippen molar-refractivity contribution in [2.45, 2.75) is 47.0 Å². The van der Waals surface area contributed by atoms with Gasteiger partial charge in [0.15, 0.2) is 0 Å². The van der Waals surface area contributed by atoms with E-state index in [-0.39, 0.29) is 25.5 Å². The molecule has 40 heavy (non-hydrogen) atoms. The van der Waals surface area contributed by atoms with Crippen LogP contribution in [0.15, 0.2) is 97.3 Å². The van der Waals surface area contributed by atoms with E-state index in [0.29, 0.717) is 0 Å². The van der Waals surface area contributed by atoms with E-state index in [9.17, 15) is 0 Å². The molecule has 2 heterocycles. The van der Waals surface area contributed by atoms with E-state index in [0.717, 1.165) is 28.1 Å². The first-order chi connectivity index (χ1) is 18.7. The second-order valence-corrected chi connectivity index (χ2v) is 11.3. The molecule has 0 bridgehead atoms. The minimum Gasteiger partial charge on any atom is -0.305 e. The van der Waals surface area contributed by atoms with Crippen LogP contribution >= 0.6 is 0 Å². The Labute approximate surface area is 251 Å². The zero-order chi connectivity index (χ0) is 27.6. The van der Waals surface area contributed by atoms with Crippen LogP contribution in [0.2, 0.25) is 0 Å². The summed E-state index contributed by atoms with van der Waals surface area (Å²) in [7, 11) is 0. The molecular weight excluding hydrogens is 665 g/mol. The number of pyridine rings is 2. The molecule has 1 radical (unpaired) electrons. The SMILES string of the molecule is CC(C)(C)c1ccnc(-c2[c-]cccc2)c1.Cc1[c-]c(-c2nccc3c2ccc2cc(C)ccc23)cc(C)c1.[Ir]. The molecule has 0 aliphatic heterocycles. The molecule has 0 N–H and O–H groups in total. The summed E-state index contributed by atoms with van der Waals surface area (Å²) in [5.41, 5.74) is 9.26. The minimum atomic E-state index is 0. The number of aromatic nitrogens is 2. The van der Waals surface area contributed by atoms with Crippen LogP contribution in [0, 0.1) is 32.9 Å². The fourth-order valence-electron chi connectivity index (χ4n) is 4.95. The van der Waals surface area contributed by atoms with Crippen LogP contribution in [0.4, 0.5) is 0 Å². The quantitative estimate of drug-likeness (QED) is 0.133. The first-order valence-corrected chi connectivity index (χ1v) is 13.4. The second kappa shape index (κ2) is 12.3. The van der Waals surface area contributed by atoms with Gasteiger partial charge >= 0.3 is 0 Å². The molecule has 0 amide bonds. The number of rotatable bonds is 2. The number of hydrogen-bond acceptors (Lipinski definition) is 2. The van der Waals surface area contributed by atoms with Crippen molar-refractivity contribution in [3.8, 4) is 22.5 Å². The molecule has 4 aromatic carbocycles. The third-order valence-electron chi connectivity index (χ3n) is 6.93. The fourth-order valence-corrected chi connectivity index (χ4v) is 4.95. The summed E-state index contributed by atoms with van der Waals surface area (Å²) in [6.45, 7) is 13.0. The Morgan fingerprint density at radius 3 is 2.15 bits per heavy atom. The van der Waals surface area contributed by atoms with Crippen LogP contribution < -0.4 is 0 Å². The van der Waals surface area contributed by atoms with E-state index in [1.807, 2.05) is 36.7 Å². The maximum atomic E-state index is 4.65. The topological polar surface area (TPSA) is 25.8 Å². The Morgan fingerprint density at radius 1 is 0.650 bits per heavy atom. The third kappa shape index (κ3) is 6.55. The van der Waals surface area contributed by atoms with Gasteiger partial charge in [0, 0.05) is 32.5 Å². The van der Waals surface area contributed by atoms with Gasteiger partial charge in [-0.1, -0.05) is 76.6 Å². The van der Waals surface area contributed by atoms with Crippen molar-refractivity contribution in [2.75, 3.05) is 0 Å². The van der Waals surface area contributed by atoms with Crippen molar-refractivity contribution in [1.29, 1.82) is 0 Å². The van der Waals surface area contributed by atoms with E-state index in [2.05, 4.69) is 124 Å². The van der Waals surface area contributed by atoms with E-state index in [4.69, 9.17) is 0 Å². The minimum absolute atomic E-state index is 0. The Bertz CT molecular complexity index is 1750. The van der Waals surface area contributed by atoms with Crippen LogP contribution in [-0.4, -0.2) is 9.97 Å². The van der Waals surface area contributed by atoms with E-state index >= 15 is 0 Å². The molecule has 203 valence electrons. The number of fused-ring (bicyclic) bond motifs is 3. The normalized spacial score (nSPS) is 11.1. The average Bonchev–Trinajstić information content (AvgIpc) is 2.92. The Hall–Kier alpha value is -3.65. The molecule has 2 nitrogen and oxygen atoms in total. The fraction of sp³-hybridized carbons (Fsp3) is 0.189. The summed E-state index contributed by atoms with van der Waals surface area (Å²) in [6, 6.07) is 36.2. The van der Waals surface area contributed by atoms with Crippen molar-refractivity contribution >= 4 is 21.5 Å². The molecule has 0 saturated heterocycles. The summed E-state index contributed by atoms with van der Waals surface area (Å²) < 4.78 is 0. The number of nitrogens with zero attached hydrogens (tertiary/aromatic N) is 2. The van der Waals surface area contributed by atoms with Crippen LogP contribution in [0.1, 0.15) is 43.0 Å². The maximum Gasteiger partial charge on any atom is 0.0167 e. The van der Waals surface area contributed by atoms with Gasteiger partial charge < -0.3 is 9.97 Å². The van der Waals surface area contributed by atoms with Crippen molar-refractivity contribution in [2.24, 2.45) is 0 Å². The molecule has 0 saturated carbocycles. The predicted octanol–water partition coefficient (Wildman–Crippen LogP) is 9.62. The number of aryl methyl sites for hydroxylation is 3. The van der Waals surface area contributed by atoms with Crippen molar-refractivity contribution in [3.63, 3.8) is 0 Å². The third-order valence-corrected chi connectivity index (χ3v) is 6.93. The summed E-state index contributed by atoms with van der Waals surface area (Å²) in [5, 5.41) is 4.99. The molecule has 6 aromatic rings. The standard InChI is InChI=1S/C22H18N.C15H16N.Ir/c1-14-4-6-19-17(11-14)5-7-21-20(19)8-9-23-22(21)18-12-15(2)10-16(3)13-18;1-15(2,3)13-9-10-16-14(11-13)12-7-5-4-6-8-12;/h4-12H,1-3H3;4-7,9-11H,1-3H3;/q2*-1;. The number of benzene rings is 4. The van der Waals surface area contributed by atoms with Gasteiger partial charge in [-0.3, -0.25) is 0 Å². The van der Waals surface area contributed by atoms with E-state index < -0.39 is 0 Å². The van der Waals surface area contributed by atoms with Crippen molar-refractivity contribution < 1.29 is 20.1 Å². The molecule has 0 fully saturated rings. The van der Waals surface area contributed by atoms with Gasteiger partial charge in [0.2, 0.25) is 0 Å². The second-order valence-electron chi connectivity index (χ2n) is 11.3. The van der Waals surface area contributed by atoms with Gasteiger partial charge in [-0.25, -0.2) is 0 Å². The van der Waals surface area contributed by atoms with Gasteiger partial charge in [-0.15, -0.1) is 70.8 Å². The molecule has 6 rings (SSSR count). The summed E-state index contributed by atoms with van der Waals surface area (Å²) >= 11 is 0. The first kappa shape index (κ1) is 29.3. The maximum absolute atomic E-state index is 4.65. The summed E-state index contributed by atoms with van der Waals surface area (Å²) in [6.07, 6.45) is 3.78. The van der Waals surface area contributed by atoms with E-state index in [1.165, 1.54) is 38.2 Å². The van der Waals surface area contributed by atoms with E-state index in [1.54, 1.807) is 0 Å². The van der Waals surface area contributed by atoms with Crippen LogP contribution in [0.3, 0.4) is 0 Å². The summed E-state index contributed by atoms with van der Waals surface area (Å²) in [5.74, 6) is 0. The zero-order valence-corrected chi connectivity index (χ0v) is 26.4. The first-order valence-electron chi connectivity index (χ1n) is 13.4. The van der Waals surface area contributed by atoms with Gasteiger partial charge in [0.1, 0.15) is 0 Å².